The van der Waals surface area contributed by atoms with Crippen molar-refractivity contribution in [2.24, 2.45) is 0 Å². The minimum atomic E-state index is -4.51. The van der Waals surface area contributed by atoms with Crippen molar-refractivity contribution in [3.63, 3.8) is 0 Å². The molecule has 3 heterocycles. The number of carbonyl (C=O) groups is 1. The van der Waals surface area contributed by atoms with Gasteiger partial charge in [-0.1, -0.05) is 35.7 Å². The number of alkyl halides is 3. The molecule has 0 radical (unpaired) electrons. The van der Waals surface area contributed by atoms with E-state index in [1.54, 1.807) is 12.1 Å². The predicted octanol–water partition coefficient (Wildman–Crippen LogP) is 7.25. The van der Waals surface area contributed by atoms with Gasteiger partial charge in [0.25, 0.3) is 0 Å². The van der Waals surface area contributed by atoms with Crippen LogP contribution in [0, 0.1) is 6.92 Å². The van der Waals surface area contributed by atoms with Gasteiger partial charge in [0, 0.05) is 21.2 Å². The van der Waals surface area contributed by atoms with Gasteiger partial charge < -0.3 is 9.47 Å². The van der Waals surface area contributed by atoms with Gasteiger partial charge >= 0.3 is 6.18 Å². The van der Waals surface area contributed by atoms with Crippen LogP contribution in [0.2, 0.25) is 0 Å². The number of ether oxygens (including phenoxy) is 2. The van der Waals surface area contributed by atoms with Crippen molar-refractivity contribution in [1.29, 1.82) is 0 Å². The molecule has 1 aromatic heterocycles. The molecule has 2 aliphatic heterocycles. The maximum atomic E-state index is 13.6. The predicted molar refractivity (Wildman–Crippen MR) is 137 cm³/mol. The van der Waals surface area contributed by atoms with Crippen molar-refractivity contribution in [2.45, 2.75) is 27.9 Å². The topological polar surface area (TPSA) is 51.7 Å². The molecule has 188 valence electrons. The molecule has 3 aromatic carbocycles. The number of carbonyl (C=O) groups excluding carboxylic acids is 1. The summed E-state index contributed by atoms with van der Waals surface area (Å²) in [5.41, 5.74) is 1.60. The van der Waals surface area contributed by atoms with Crippen molar-refractivity contribution in [1.82, 2.24) is 4.98 Å². The second-order valence-electron chi connectivity index (χ2n) is 8.57. The highest BCUT2D eigenvalue weighted by Gasteiger charge is 2.35. The number of hydrogen-bond acceptors (Lipinski definition) is 6. The third-order valence-corrected chi connectivity index (χ3v) is 8.27. The number of pyridine rings is 1. The van der Waals surface area contributed by atoms with Crippen LogP contribution in [0.1, 0.15) is 11.1 Å². The summed E-state index contributed by atoms with van der Waals surface area (Å²) in [6.45, 7) is 2.87. The van der Waals surface area contributed by atoms with Crippen molar-refractivity contribution >= 4 is 51.7 Å². The molecule has 0 spiro atoms. The number of aryl methyl sites for hydroxylation is 1. The number of nitrogens with zero attached hydrogens (tertiary/aromatic N) is 2. The van der Waals surface area contributed by atoms with Crippen LogP contribution in [0.5, 0.6) is 11.5 Å². The Morgan fingerprint density at radius 3 is 2.51 bits per heavy atom. The molecule has 6 rings (SSSR count). The Morgan fingerprint density at radius 2 is 1.73 bits per heavy atom. The van der Waals surface area contributed by atoms with Crippen LogP contribution in [-0.4, -0.2) is 29.9 Å². The first kappa shape index (κ1) is 24.0. The number of rotatable bonds is 3. The number of hydrogen-bond donors (Lipinski definition) is 0. The number of fused-ring (bicyclic) bond motifs is 4. The van der Waals surface area contributed by atoms with Crippen LogP contribution < -0.4 is 14.4 Å². The fraction of sp³-hybridized carbons (Fsp3) is 0.185. The van der Waals surface area contributed by atoms with Crippen LogP contribution >= 0.6 is 23.5 Å². The van der Waals surface area contributed by atoms with Gasteiger partial charge in [0.2, 0.25) is 5.91 Å². The van der Waals surface area contributed by atoms with Crippen molar-refractivity contribution < 1.29 is 27.4 Å². The van der Waals surface area contributed by atoms with E-state index in [1.165, 1.54) is 34.5 Å². The van der Waals surface area contributed by atoms with Crippen molar-refractivity contribution in [3.8, 4) is 11.5 Å². The van der Waals surface area contributed by atoms with E-state index < -0.39 is 11.7 Å². The van der Waals surface area contributed by atoms with Crippen molar-refractivity contribution in [3.05, 3.63) is 71.8 Å². The number of amides is 1. The molecule has 0 atom stereocenters. The average Bonchev–Trinajstić information content (AvgIpc) is 2.88. The van der Waals surface area contributed by atoms with Gasteiger partial charge in [-0.2, -0.15) is 13.2 Å². The van der Waals surface area contributed by atoms with Crippen LogP contribution in [0.4, 0.5) is 24.5 Å². The first-order valence-electron chi connectivity index (χ1n) is 11.4. The number of halogens is 3. The lowest BCUT2D eigenvalue weighted by Gasteiger charge is -2.31. The molecule has 0 saturated heterocycles. The average molecular weight is 541 g/mol. The van der Waals surface area contributed by atoms with Gasteiger partial charge in [-0.05, 0) is 55.0 Å². The monoisotopic (exact) mass is 540 g/mol. The second-order valence-corrected chi connectivity index (χ2v) is 10.6. The summed E-state index contributed by atoms with van der Waals surface area (Å²) in [6.07, 6.45) is -4.51. The van der Waals surface area contributed by atoms with Gasteiger partial charge in [-0.3, -0.25) is 9.69 Å². The number of thioether (sulfide) groups is 1. The highest BCUT2D eigenvalue weighted by Crippen LogP contribution is 2.50. The van der Waals surface area contributed by atoms with Crippen LogP contribution in [0.25, 0.3) is 10.9 Å². The highest BCUT2D eigenvalue weighted by molar-refractivity contribution is 8.00. The molecule has 1 amide bonds. The Hall–Kier alpha value is -3.37. The summed E-state index contributed by atoms with van der Waals surface area (Å²) in [6, 6.07) is 16.4. The molecule has 4 aromatic rings. The number of benzene rings is 3. The molecular weight excluding hydrogens is 521 g/mol. The molecule has 0 aliphatic carbocycles. The first-order chi connectivity index (χ1) is 17.8. The standard InChI is InChI=1S/C27H19F3N2O3S2/c1-15-10-16-11-21-22(35-9-8-34-21)13-18(16)31-26(15)36-14-25(33)32-19-4-2-3-5-23(19)37-24-7-6-17(12-20(24)32)27(28,29)30/h2-7,10-13H,8-9,14H2,1H3. The van der Waals surface area contributed by atoms with Gasteiger partial charge in [0.1, 0.15) is 18.2 Å². The van der Waals surface area contributed by atoms with E-state index in [2.05, 4.69) is 0 Å². The summed E-state index contributed by atoms with van der Waals surface area (Å²) in [5.74, 6) is 0.968. The maximum Gasteiger partial charge on any atom is 0.416 e. The molecule has 0 fully saturated rings. The van der Waals surface area contributed by atoms with Crippen LogP contribution in [-0.2, 0) is 11.0 Å². The molecule has 0 bridgehead atoms. The third-order valence-electron chi connectivity index (χ3n) is 6.06. The zero-order valence-electron chi connectivity index (χ0n) is 19.5. The smallest absolute Gasteiger partial charge is 0.416 e. The third kappa shape index (κ3) is 4.48. The SMILES string of the molecule is Cc1cc2cc3c(cc2nc1SCC(=O)N1c2ccccc2Sc2ccc(C(F)(F)F)cc21)OCCO3. The van der Waals surface area contributed by atoms with Gasteiger partial charge in [0.15, 0.2) is 11.5 Å². The van der Waals surface area contributed by atoms with Crippen molar-refractivity contribution in [2.75, 3.05) is 23.9 Å². The molecule has 2 aliphatic rings. The van der Waals surface area contributed by atoms with E-state index >= 15 is 0 Å². The summed E-state index contributed by atoms with van der Waals surface area (Å²) < 4.78 is 51.8. The van der Waals surface area contributed by atoms with E-state index in [0.717, 1.165) is 28.0 Å². The quantitative estimate of drug-likeness (QED) is 0.255. The molecule has 37 heavy (non-hydrogen) atoms. The lowest BCUT2D eigenvalue weighted by atomic mass is 10.1. The Labute approximate surface area is 219 Å². The molecule has 0 saturated carbocycles. The minimum absolute atomic E-state index is 0.00140. The van der Waals surface area contributed by atoms with Gasteiger partial charge in [-0.15, -0.1) is 0 Å². The molecule has 0 N–H and O–H groups in total. The second kappa shape index (κ2) is 9.18. The normalized spacial score (nSPS) is 14.3. The largest absolute Gasteiger partial charge is 0.486 e. The molecule has 10 heteroatoms. The van der Waals surface area contributed by atoms with Crippen LogP contribution in [0.3, 0.4) is 0 Å². The summed E-state index contributed by atoms with van der Waals surface area (Å²) in [5, 5.41) is 1.56. The lowest BCUT2D eigenvalue weighted by molar-refractivity contribution is -0.137. The van der Waals surface area contributed by atoms with E-state index in [4.69, 9.17) is 14.5 Å². The molecular formula is C27H19F3N2O3S2. The Kier molecular flexibility index (Phi) is 5.95. The number of aromatic nitrogens is 1. The summed E-state index contributed by atoms with van der Waals surface area (Å²) in [7, 11) is 0. The maximum absolute atomic E-state index is 13.6. The Balaban J connectivity index is 1.32. The molecule has 0 unspecified atom stereocenters. The zero-order valence-corrected chi connectivity index (χ0v) is 21.1. The Bertz CT molecular complexity index is 1560. The Morgan fingerprint density at radius 1 is 1.00 bits per heavy atom. The number of anilines is 2. The van der Waals surface area contributed by atoms with Gasteiger partial charge in [-0.25, -0.2) is 4.98 Å². The minimum Gasteiger partial charge on any atom is -0.486 e. The summed E-state index contributed by atoms with van der Waals surface area (Å²) in [4.78, 5) is 21.1. The first-order valence-corrected chi connectivity index (χ1v) is 13.2. The fourth-order valence-electron chi connectivity index (χ4n) is 4.34. The molecule has 5 nitrogen and oxygen atoms in total. The fourth-order valence-corrected chi connectivity index (χ4v) is 6.22. The highest BCUT2D eigenvalue weighted by atomic mass is 32.2. The van der Waals surface area contributed by atoms with Crippen LogP contribution in [0.15, 0.2) is 75.5 Å². The van der Waals surface area contributed by atoms with E-state index in [1.807, 2.05) is 37.3 Å². The van der Waals surface area contributed by atoms with E-state index in [9.17, 15) is 18.0 Å². The zero-order chi connectivity index (χ0) is 25.7. The van der Waals surface area contributed by atoms with Gasteiger partial charge in [0.05, 0.1) is 28.2 Å². The number of para-hydroxylation sites is 1. The van der Waals surface area contributed by atoms with E-state index in [0.29, 0.717) is 45.8 Å². The van der Waals surface area contributed by atoms with E-state index in [-0.39, 0.29) is 17.3 Å². The lowest BCUT2D eigenvalue weighted by Crippen LogP contribution is -2.30. The summed E-state index contributed by atoms with van der Waals surface area (Å²) >= 11 is 2.61.